The van der Waals surface area contributed by atoms with Crippen LogP contribution in [0, 0.1) is 17.3 Å². The van der Waals surface area contributed by atoms with Crippen molar-refractivity contribution in [3.63, 3.8) is 0 Å². The second-order valence-electron chi connectivity index (χ2n) is 10.8. The Kier molecular flexibility index (Phi) is 11.1. The van der Waals surface area contributed by atoms with Crippen molar-refractivity contribution in [1.29, 1.82) is 0 Å². The van der Waals surface area contributed by atoms with E-state index in [9.17, 15) is 14.4 Å². The maximum Gasteiger partial charge on any atom is 0.433 e. The number of nitrogens with zero attached hydrogens (tertiary/aromatic N) is 1. The van der Waals surface area contributed by atoms with Gasteiger partial charge in [-0.3, -0.25) is 14.4 Å². The molecule has 40 heavy (non-hydrogen) atoms. The van der Waals surface area contributed by atoms with Crippen molar-refractivity contribution in [3.8, 4) is 0 Å². The van der Waals surface area contributed by atoms with Crippen LogP contribution in [0.4, 0.5) is 4.79 Å². The average Bonchev–Trinajstić information content (AvgIpc) is 3.25. The van der Waals surface area contributed by atoms with Crippen molar-refractivity contribution < 1.29 is 28.4 Å². The van der Waals surface area contributed by atoms with Crippen LogP contribution in [-0.2, 0) is 32.2 Å². The Labute approximate surface area is 244 Å². The highest BCUT2D eigenvalue weighted by Crippen LogP contribution is 2.60. The van der Waals surface area contributed by atoms with E-state index < -0.39 is 6.09 Å². The van der Waals surface area contributed by atoms with Gasteiger partial charge in [-0.1, -0.05) is 67.2 Å². The highest BCUT2D eigenvalue weighted by atomic mass is 32.2. The number of thioether (sulfide) groups is 2. The van der Waals surface area contributed by atoms with E-state index >= 15 is 0 Å². The van der Waals surface area contributed by atoms with E-state index in [4.69, 9.17) is 9.15 Å². The number of esters is 1. The minimum Gasteiger partial charge on any atom is -0.469 e. The van der Waals surface area contributed by atoms with Gasteiger partial charge in [0.25, 0.3) is 0 Å². The normalized spacial score (nSPS) is 20.6. The number of nitrogens with one attached hydrogen (secondary N) is 1. The highest BCUT2D eigenvalue weighted by molar-refractivity contribution is 8.14. The number of carbonyl (C=O) groups is 3. The third-order valence-electron chi connectivity index (χ3n) is 6.95. The van der Waals surface area contributed by atoms with E-state index in [1.165, 1.54) is 24.4 Å². The molecule has 0 spiro atoms. The largest absolute Gasteiger partial charge is 0.469 e. The van der Waals surface area contributed by atoms with Crippen molar-refractivity contribution in [2.24, 2.45) is 22.4 Å². The Morgan fingerprint density at radius 1 is 1.25 bits per heavy atom. The number of hydrogen-bond donors (Lipinski definition) is 1. The minimum absolute atomic E-state index is 0.0793. The summed E-state index contributed by atoms with van der Waals surface area (Å²) < 4.78 is 11.1. The van der Waals surface area contributed by atoms with Gasteiger partial charge in [0.2, 0.25) is 5.12 Å². The van der Waals surface area contributed by atoms with E-state index in [1.54, 1.807) is 24.2 Å². The van der Waals surface area contributed by atoms with E-state index in [0.29, 0.717) is 6.42 Å². The topological polar surface area (TPSA) is 107 Å². The second kappa shape index (κ2) is 14.1. The molecule has 1 aliphatic carbocycles. The molecule has 10 heteroatoms. The maximum absolute atomic E-state index is 12.6. The first-order valence-corrected chi connectivity index (χ1v) is 15.3. The molecule has 2 fully saturated rings. The van der Waals surface area contributed by atoms with Crippen LogP contribution < -0.4 is 5.32 Å². The second-order valence-corrected chi connectivity index (χ2v) is 13.3. The van der Waals surface area contributed by atoms with Gasteiger partial charge in [-0.2, -0.15) is 11.8 Å². The molecular weight excluding hydrogens is 548 g/mol. The van der Waals surface area contributed by atoms with Crippen molar-refractivity contribution in [2.75, 3.05) is 19.1 Å². The van der Waals surface area contributed by atoms with Crippen LogP contribution in [0.5, 0.6) is 0 Å². The third kappa shape index (κ3) is 9.02. The Balaban J connectivity index is 0.000000312. The van der Waals surface area contributed by atoms with Crippen LogP contribution in [0.2, 0.25) is 0 Å². The number of carbonyl (C=O) groups excluding carboxylic acids is 3. The number of allylic oxidation sites excluding steroid dienone is 1. The first-order chi connectivity index (χ1) is 19.0. The molecule has 8 nitrogen and oxygen atoms in total. The van der Waals surface area contributed by atoms with Crippen molar-refractivity contribution in [3.05, 3.63) is 71.2 Å². The zero-order valence-electron chi connectivity index (χ0n) is 23.9. The van der Waals surface area contributed by atoms with Gasteiger partial charge < -0.3 is 14.5 Å². The summed E-state index contributed by atoms with van der Waals surface area (Å²) in [7, 11) is 1.48. The number of rotatable bonds is 9. The predicted molar refractivity (Wildman–Crippen MR) is 160 cm³/mol. The molecule has 0 unspecified atom stereocenters. The summed E-state index contributed by atoms with van der Waals surface area (Å²) in [4.78, 5) is 39.4. The molecule has 2 heterocycles. The summed E-state index contributed by atoms with van der Waals surface area (Å²) in [5, 5.41) is 5.97. The van der Waals surface area contributed by atoms with Crippen LogP contribution >= 0.6 is 23.5 Å². The van der Waals surface area contributed by atoms with Crippen LogP contribution in [0.25, 0.3) is 0 Å². The van der Waals surface area contributed by atoms with Crippen molar-refractivity contribution in [2.45, 2.75) is 51.9 Å². The number of hydrogen-bond acceptors (Lipinski definition) is 9. The summed E-state index contributed by atoms with van der Waals surface area (Å²) in [6.45, 7) is 8.29. The number of furan rings is 1. The van der Waals surface area contributed by atoms with Gasteiger partial charge in [0.05, 0.1) is 18.4 Å². The number of ether oxygens (including phenoxy) is 1. The Hall–Kier alpha value is -2.98. The van der Waals surface area contributed by atoms with E-state index in [2.05, 4.69) is 41.3 Å². The van der Waals surface area contributed by atoms with Crippen LogP contribution in [-0.4, -0.2) is 47.2 Å². The van der Waals surface area contributed by atoms with E-state index in [1.807, 2.05) is 50.4 Å². The Bertz CT molecular complexity index is 1240. The molecule has 0 bridgehead atoms. The predicted octanol–water partition coefficient (Wildman–Crippen LogP) is 6.25. The van der Waals surface area contributed by atoms with Gasteiger partial charge >= 0.3 is 12.1 Å². The fourth-order valence-corrected chi connectivity index (χ4v) is 5.20. The molecule has 2 atom stereocenters. The van der Waals surface area contributed by atoms with Gasteiger partial charge in [0.1, 0.15) is 12.4 Å². The minimum atomic E-state index is -0.553. The van der Waals surface area contributed by atoms with Gasteiger partial charge in [-0.15, -0.1) is 0 Å². The lowest BCUT2D eigenvalue weighted by Gasteiger charge is -2.13. The van der Waals surface area contributed by atoms with Crippen molar-refractivity contribution >= 4 is 46.9 Å². The lowest BCUT2D eigenvalue weighted by atomic mass is 10.1. The van der Waals surface area contributed by atoms with E-state index in [0.717, 1.165) is 29.1 Å². The standard InChI is InChI=1S/C23H24O4S.C7H14N2O2S/c1-23(2)19(12-17-8-9-28-22(17)25)20(23)21(24)27-14-16-11-18(26-13-16)10-15-6-4-3-5-7-15;1-7(2,12-4)5-9-11-6(10)8-3/h3-7,11-13,19-20H,8-10,14H2,1-2H3;5H,1-4H3,(H,8,10)/b17-12+;9-5+/t19-,20-;/m1./s1. The Morgan fingerprint density at radius 3 is 2.60 bits per heavy atom. The van der Waals surface area contributed by atoms with Crippen molar-refractivity contribution in [1.82, 2.24) is 5.32 Å². The molecule has 1 aliphatic heterocycles. The molecule has 1 saturated carbocycles. The number of amides is 1. The molecule has 1 aromatic carbocycles. The Morgan fingerprint density at radius 2 is 1.98 bits per heavy atom. The van der Waals surface area contributed by atoms with Gasteiger partial charge in [0.15, 0.2) is 0 Å². The number of oxime groups is 1. The maximum atomic E-state index is 12.6. The lowest BCUT2D eigenvalue weighted by molar-refractivity contribution is -0.147. The zero-order chi connectivity index (χ0) is 29.3. The lowest BCUT2D eigenvalue weighted by Crippen LogP contribution is -2.19. The van der Waals surface area contributed by atoms with Gasteiger partial charge in [-0.25, -0.2) is 4.79 Å². The molecule has 216 valence electrons. The molecule has 2 aromatic rings. The molecule has 1 N–H and O–H groups in total. The van der Waals surface area contributed by atoms with Crippen LogP contribution in [0.15, 0.2) is 63.9 Å². The smallest absolute Gasteiger partial charge is 0.433 e. The van der Waals surface area contributed by atoms with Gasteiger partial charge in [0, 0.05) is 35.1 Å². The van der Waals surface area contributed by atoms with Gasteiger partial charge in [-0.05, 0) is 49.5 Å². The highest BCUT2D eigenvalue weighted by Gasteiger charge is 2.61. The average molecular weight is 587 g/mol. The third-order valence-corrected chi connectivity index (χ3v) is 9.04. The van der Waals surface area contributed by atoms with Crippen LogP contribution in [0.1, 0.15) is 51.0 Å². The molecule has 2 aliphatic rings. The molecular formula is C30H38N2O6S2. The monoisotopic (exact) mass is 586 g/mol. The molecule has 1 amide bonds. The molecule has 0 radical (unpaired) electrons. The zero-order valence-corrected chi connectivity index (χ0v) is 25.5. The van der Waals surface area contributed by atoms with Crippen LogP contribution in [0.3, 0.4) is 0 Å². The first-order valence-electron chi connectivity index (χ1n) is 13.1. The number of benzene rings is 1. The summed E-state index contributed by atoms with van der Waals surface area (Å²) in [6.07, 6.45) is 8.17. The summed E-state index contributed by atoms with van der Waals surface area (Å²) in [6, 6.07) is 12.0. The fourth-order valence-electron chi connectivity index (χ4n) is 4.19. The SMILES string of the molecule is CC1(C)[C@H](/C=C2\CCSC2=O)[C@@H]1C(=O)OCc1coc(Cc2ccccc2)c1.CNC(=O)O/N=C/C(C)(C)SC. The quantitative estimate of drug-likeness (QED) is 0.121. The molecule has 1 aromatic heterocycles. The fraction of sp³-hybridized carbons (Fsp3) is 0.467. The van der Waals surface area contributed by atoms with E-state index in [-0.39, 0.29) is 39.7 Å². The summed E-state index contributed by atoms with van der Waals surface area (Å²) in [5.41, 5.74) is 2.73. The molecule has 4 rings (SSSR count). The molecule has 1 saturated heterocycles. The summed E-state index contributed by atoms with van der Waals surface area (Å²) >= 11 is 2.99. The first kappa shape index (κ1) is 31.5. The summed E-state index contributed by atoms with van der Waals surface area (Å²) in [5.74, 6) is 1.39.